The van der Waals surface area contributed by atoms with Crippen LogP contribution in [0.2, 0.25) is 5.02 Å². The van der Waals surface area contributed by atoms with E-state index in [0.717, 1.165) is 17.8 Å². The maximum atomic E-state index is 6.27. The van der Waals surface area contributed by atoms with Gasteiger partial charge >= 0.3 is 0 Å². The Morgan fingerprint density at radius 2 is 2.04 bits per heavy atom. The van der Waals surface area contributed by atoms with Crippen LogP contribution in [0, 0.1) is 23.7 Å². The van der Waals surface area contributed by atoms with Crippen LogP contribution in [0.25, 0.3) is 0 Å². The van der Waals surface area contributed by atoms with Crippen molar-refractivity contribution in [3.05, 3.63) is 40.5 Å². The highest BCUT2D eigenvalue weighted by atomic mass is 35.5. The zero-order valence-corrected chi connectivity index (χ0v) is 17.3. The highest BCUT2D eigenvalue weighted by molar-refractivity contribution is 6.99. The Morgan fingerprint density at radius 1 is 1.22 bits per heavy atom. The number of hydrogen-bond donors (Lipinski definition) is 0. The van der Waals surface area contributed by atoms with Gasteiger partial charge in [-0.15, -0.1) is 4.37 Å². The van der Waals surface area contributed by atoms with Crippen molar-refractivity contribution in [3.8, 4) is 17.7 Å². The maximum absolute atomic E-state index is 6.27. The number of aromatic nitrogens is 2. The van der Waals surface area contributed by atoms with Crippen molar-refractivity contribution in [1.29, 1.82) is 0 Å². The van der Waals surface area contributed by atoms with Crippen LogP contribution in [-0.4, -0.2) is 39.4 Å². The molecule has 4 nitrogen and oxygen atoms in total. The number of piperidine rings is 1. The van der Waals surface area contributed by atoms with E-state index in [4.69, 9.17) is 16.3 Å². The van der Waals surface area contributed by atoms with Gasteiger partial charge < -0.3 is 9.64 Å². The fraction of sp³-hybridized carbons (Fsp3) is 0.524. The summed E-state index contributed by atoms with van der Waals surface area (Å²) in [7, 11) is 0. The molecule has 2 unspecified atom stereocenters. The van der Waals surface area contributed by atoms with Gasteiger partial charge in [-0.25, -0.2) is 0 Å². The van der Waals surface area contributed by atoms with Crippen LogP contribution in [0.3, 0.4) is 0 Å². The number of fused-ring (bicyclic) bond motifs is 2. The largest absolute Gasteiger partial charge is 0.459 e. The van der Waals surface area contributed by atoms with E-state index in [2.05, 4.69) is 39.3 Å². The number of benzene rings is 1. The van der Waals surface area contributed by atoms with Crippen molar-refractivity contribution in [1.82, 2.24) is 13.6 Å². The molecule has 4 atom stereocenters. The lowest BCUT2D eigenvalue weighted by atomic mass is 9.89. The number of rotatable bonds is 4. The molecule has 142 valence electrons. The highest BCUT2D eigenvalue weighted by Gasteiger charge is 2.39. The molecule has 2 bridgehead atoms. The first-order valence-corrected chi connectivity index (χ1v) is 10.7. The van der Waals surface area contributed by atoms with Crippen LogP contribution < -0.4 is 4.74 Å². The predicted molar refractivity (Wildman–Crippen MR) is 109 cm³/mol. The van der Waals surface area contributed by atoms with Crippen molar-refractivity contribution < 1.29 is 4.74 Å². The van der Waals surface area contributed by atoms with E-state index in [0.29, 0.717) is 22.7 Å². The van der Waals surface area contributed by atoms with Gasteiger partial charge in [-0.1, -0.05) is 37.3 Å². The van der Waals surface area contributed by atoms with Crippen LogP contribution in [0.15, 0.2) is 24.3 Å². The second-order valence-corrected chi connectivity index (χ2v) is 8.75. The summed E-state index contributed by atoms with van der Waals surface area (Å²) in [6, 6.07) is 7.56. The molecule has 0 radical (unpaired) electrons. The van der Waals surface area contributed by atoms with Gasteiger partial charge in [-0.05, 0) is 49.6 Å². The lowest BCUT2D eigenvalue weighted by Gasteiger charge is -2.22. The molecular formula is C21H24ClN3OS. The second-order valence-electron chi connectivity index (χ2n) is 7.78. The minimum Gasteiger partial charge on any atom is -0.459 e. The molecule has 0 saturated carbocycles. The highest BCUT2D eigenvalue weighted by Crippen LogP contribution is 2.41. The molecule has 0 amide bonds. The molecule has 2 aliphatic heterocycles. The Morgan fingerprint density at radius 3 is 2.78 bits per heavy atom. The predicted octanol–water partition coefficient (Wildman–Crippen LogP) is 4.46. The number of halogens is 1. The van der Waals surface area contributed by atoms with Gasteiger partial charge in [0, 0.05) is 35.5 Å². The second kappa shape index (κ2) is 8.18. The first-order chi connectivity index (χ1) is 13.1. The Kier molecular flexibility index (Phi) is 5.68. The Hall–Kier alpha value is -1.61. The van der Waals surface area contributed by atoms with Crippen molar-refractivity contribution in [2.75, 3.05) is 19.6 Å². The third kappa shape index (κ3) is 4.29. The topological polar surface area (TPSA) is 38.3 Å². The molecule has 0 spiro atoms. The first-order valence-electron chi connectivity index (χ1n) is 9.58. The van der Waals surface area contributed by atoms with Crippen LogP contribution in [0.1, 0.15) is 43.9 Å². The van der Waals surface area contributed by atoms with Gasteiger partial charge in [0.2, 0.25) is 0 Å². The Balaban J connectivity index is 1.52. The summed E-state index contributed by atoms with van der Waals surface area (Å²) in [6.07, 6.45) is 2.35. The van der Waals surface area contributed by atoms with Crippen LogP contribution in [-0.2, 0) is 0 Å². The van der Waals surface area contributed by atoms with Crippen molar-refractivity contribution in [2.45, 2.75) is 38.7 Å². The molecule has 2 aliphatic rings. The SMILES string of the molecule is CC(C)C(C#Cc1ccc(Cl)cc1)Oc1nsnc1[C@H]1CN2CCC[C@H]1C2. The standard InChI is InChI=1S/C21H24ClN3OS/c1-14(2)19(10-7-15-5-8-17(22)9-6-15)26-21-20(23-27-24-21)18-13-25-11-3-4-16(18)12-25/h5-6,8-9,14,16,18-19H,3-4,11-13H2,1-2H3/t16-,18-,19?/m0/s1. The van der Waals surface area contributed by atoms with E-state index in [1.807, 2.05) is 24.3 Å². The van der Waals surface area contributed by atoms with Gasteiger partial charge in [0.25, 0.3) is 5.88 Å². The van der Waals surface area contributed by atoms with E-state index in [1.165, 1.54) is 37.7 Å². The van der Waals surface area contributed by atoms with Crippen LogP contribution in [0.5, 0.6) is 5.88 Å². The molecule has 1 aromatic carbocycles. The monoisotopic (exact) mass is 401 g/mol. The number of ether oxygens (including phenoxy) is 1. The summed E-state index contributed by atoms with van der Waals surface area (Å²) >= 11 is 7.20. The molecule has 2 saturated heterocycles. The molecule has 0 N–H and O–H groups in total. The van der Waals surface area contributed by atoms with Crippen LogP contribution in [0.4, 0.5) is 0 Å². The Labute approximate surface area is 170 Å². The molecular weight excluding hydrogens is 378 g/mol. The third-order valence-electron chi connectivity index (χ3n) is 5.45. The third-order valence-corrected chi connectivity index (χ3v) is 6.22. The van der Waals surface area contributed by atoms with Gasteiger partial charge in [0.15, 0.2) is 6.10 Å². The van der Waals surface area contributed by atoms with Crippen LogP contribution >= 0.6 is 23.3 Å². The van der Waals surface area contributed by atoms with E-state index in [1.54, 1.807) is 0 Å². The van der Waals surface area contributed by atoms with Gasteiger partial charge in [-0.2, -0.15) is 4.37 Å². The summed E-state index contributed by atoms with van der Waals surface area (Å²) < 4.78 is 15.4. The number of nitrogens with zero attached hydrogens (tertiary/aromatic N) is 3. The minimum absolute atomic E-state index is 0.218. The molecule has 2 aromatic rings. The zero-order valence-electron chi connectivity index (χ0n) is 15.7. The van der Waals surface area contributed by atoms with E-state index >= 15 is 0 Å². The maximum Gasteiger partial charge on any atom is 0.250 e. The quantitative estimate of drug-likeness (QED) is 0.709. The summed E-state index contributed by atoms with van der Waals surface area (Å²) in [6.45, 7) is 7.71. The van der Waals surface area contributed by atoms with Gasteiger partial charge in [0.1, 0.15) is 5.69 Å². The molecule has 1 aromatic heterocycles. The Bertz CT molecular complexity index is 839. The fourth-order valence-corrected chi connectivity index (χ4v) is 4.64. The summed E-state index contributed by atoms with van der Waals surface area (Å²) in [4.78, 5) is 2.54. The summed E-state index contributed by atoms with van der Waals surface area (Å²) in [5, 5.41) is 0.716. The molecule has 27 heavy (non-hydrogen) atoms. The van der Waals surface area contributed by atoms with Gasteiger partial charge in [0.05, 0.1) is 11.7 Å². The molecule has 6 heteroatoms. The average Bonchev–Trinajstić information content (AvgIpc) is 3.23. The summed E-state index contributed by atoms with van der Waals surface area (Å²) in [5.41, 5.74) is 1.97. The summed E-state index contributed by atoms with van der Waals surface area (Å²) in [5.74, 6) is 8.54. The minimum atomic E-state index is -0.218. The van der Waals surface area contributed by atoms with Gasteiger partial charge in [-0.3, -0.25) is 0 Å². The average molecular weight is 402 g/mol. The first kappa shape index (κ1) is 18.7. The number of hydrogen-bond acceptors (Lipinski definition) is 5. The lowest BCUT2D eigenvalue weighted by molar-refractivity contribution is 0.196. The molecule has 4 rings (SSSR count). The lowest BCUT2D eigenvalue weighted by Crippen LogP contribution is -2.25. The fourth-order valence-electron chi connectivity index (χ4n) is 3.96. The smallest absolute Gasteiger partial charge is 0.250 e. The van der Waals surface area contributed by atoms with Crippen molar-refractivity contribution in [2.24, 2.45) is 11.8 Å². The van der Waals surface area contributed by atoms with Crippen molar-refractivity contribution in [3.63, 3.8) is 0 Å². The molecule has 3 heterocycles. The molecule has 2 fully saturated rings. The zero-order chi connectivity index (χ0) is 18.8. The van der Waals surface area contributed by atoms with E-state index in [-0.39, 0.29) is 12.0 Å². The normalized spacial score (nSPS) is 25.1. The van der Waals surface area contributed by atoms with E-state index < -0.39 is 0 Å². The van der Waals surface area contributed by atoms with E-state index in [9.17, 15) is 0 Å². The molecule has 0 aliphatic carbocycles. The van der Waals surface area contributed by atoms with Crippen molar-refractivity contribution >= 4 is 23.3 Å².